The van der Waals surface area contributed by atoms with Gasteiger partial charge in [-0.3, -0.25) is 4.79 Å². The summed E-state index contributed by atoms with van der Waals surface area (Å²) in [6, 6.07) is 4.35. The van der Waals surface area contributed by atoms with Gasteiger partial charge >= 0.3 is 5.97 Å². The van der Waals surface area contributed by atoms with Crippen LogP contribution in [-0.2, 0) is 13.0 Å². The van der Waals surface area contributed by atoms with Crippen molar-refractivity contribution in [3.8, 4) is 5.69 Å². The van der Waals surface area contributed by atoms with E-state index >= 15 is 0 Å². The molecule has 0 fully saturated rings. The van der Waals surface area contributed by atoms with Gasteiger partial charge in [0.25, 0.3) is 5.91 Å². The topological polar surface area (TPSA) is 110 Å². The van der Waals surface area contributed by atoms with Crippen LogP contribution in [0.15, 0.2) is 18.2 Å². The van der Waals surface area contributed by atoms with Crippen molar-refractivity contribution in [2.75, 3.05) is 6.54 Å². The van der Waals surface area contributed by atoms with E-state index in [9.17, 15) is 9.59 Å². The van der Waals surface area contributed by atoms with Crippen LogP contribution in [0, 0.1) is 0 Å². The SMILES string of the molecule is NC(=O)c1nn(-c2cc(C(=O)O)ccc2Cl)c2c1CNCC2. The number of carboxylic acids is 1. The van der Waals surface area contributed by atoms with E-state index in [2.05, 4.69) is 10.4 Å². The van der Waals surface area contributed by atoms with Gasteiger partial charge in [-0.1, -0.05) is 11.6 Å². The summed E-state index contributed by atoms with van der Waals surface area (Å²) in [4.78, 5) is 22.7. The van der Waals surface area contributed by atoms with Crippen LogP contribution in [0.3, 0.4) is 0 Å². The number of aromatic nitrogens is 2. The fourth-order valence-corrected chi connectivity index (χ4v) is 2.75. The Labute approximate surface area is 130 Å². The fourth-order valence-electron chi connectivity index (χ4n) is 2.55. The molecule has 2 heterocycles. The van der Waals surface area contributed by atoms with Gasteiger partial charge in [0, 0.05) is 25.1 Å². The third-order valence-electron chi connectivity index (χ3n) is 3.58. The van der Waals surface area contributed by atoms with E-state index in [4.69, 9.17) is 22.4 Å². The first-order valence-corrected chi connectivity index (χ1v) is 7.01. The second-order valence-corrected chi connectivity index (χ2v) is 5.36. The predicted molar refractivity (Wildman–Crippen MR) is 79.5 cm³/mol. The Hall–Kier alpha value is -2.38. The molecule has 2 aromatic rings. The Morgan fingerprint density at radius 1 is 1.41 bits per heavy atom. The zero-order valence-corrected chi connectivity index (χ0v) is 12.2. The summed E-state index contributed by atoms with van der Waals surface area (Å²) < 4.78 is 1.52. The van der Waals surface area contributed by atoms with E-state index in [-0.39, 0.29) is 11.3 Å². The first-order valence-electron chi connectivity index (χ1n) is 6.63. The molecule has 0 unspecified atom stereocenters. The third kappa shape index (κ3) is 2.34. The maximum Gasteiger partial charge on any atom is 0.335 e. The largest absolute Gasteiger partial charge is 0.478 e. The van der Waals surface area contributed by atoms with Gasteiger partial charge in [-0.15, -0.1) is 0 Å². The molecule has 0 atom stereocenters. The summed E-state index contributed by atoms with van der Waals surface area (Å²) in [6.07, 6.45) is 0.642. The Morgan fingerprint density at radius 3 is 2.86 bits per heavy atom. The number of halogens is 1. The minimum Gasteiger partial charge on any atom is -0.478 e. The number of nitrogens with one attached hydrogen (secondary N) is 1. The van der Waals surface area contributed by atoms with Crippen molar-refractivity contribution in [3.63, 3.8) is 0 Å². The highest BCUT2D eigenvalue weighted by Gasteiger charge is 2.25. The number of hydrogen-bond acceptors (Lipinski definition) is 4. The smallest absolute Gasteiger partial charge is 0.335 e. The normalized spacial score (nSPS) is 13.7. The number of carbonyl (C=O) groups is 2. The number of primary amides is 1. The van der Waals surface area contributed by atoms with Crippen LogP contribution in [0.5, 0.6) is 0 Å². The van der Waals surface area contributed by atoms with Crippen molar-refractivity contribution in [1.29, 1.82) is 0 Å². The number of carboxylic acid groups (broad SMARTS) is 1. The second-order valence-electron chi connectivity index (χ2n) is 4.95. The summed E-state index contributed by atoms with van der Waals surface area (Å²) in [5.41, 5.74) is 7.62. The van der Waals surface area contributed by atoms with E-state index in [0.29, 0.717) is 23.7 Å². The lowest BCUT2D eigenvalue weighted by molar-refractivity contribution is 0.0696. The Kier molecular flexibility index (Phi) is 3.59. The zero-order valence-electron chi connectivity index (χ0n) is 11.5. The van der Waals surface area contributed by atoms with Gasteiger partial charge in [0.2, 0.25) is 0 Å². The van der Waals surface area contributed by atoms with Gasteiger partial charge < -0.3 is 16.2 Å². The average Bonchev–Trinajstić information content (AvgIpc) is 2.87. The molecule has 1 aliphatic heterocycles. The number of amides is 1. The molecule has 0 aliphatic carbocycles. The number of aromatic carboxylic acids is 1. The summed E-state index contributed by atoms with van der Waals surface area (Å²) in [7, 11) is 0. The van der Waals surface area contributed by atoms with E-state index in [0.717, 1.165) is 17.8 Å². The fraction of sp³-hybridized carbons (Fsp3) is 0.214. The molecule has 114 valence electrons. The molecule has 1 aromatic carbocycles. The molecule has 3 rings (SSSR count). The number of nitrogens with two attached hydrogens (primary N) is 1. The molecular weight excluding hydrogens is 308 g/mol. The zero-order chi connectivity index (χ0) is 15.9. The number of rotatable bonds is 3. The van der Waals surface area contributed by atoms with Crippen LogP contribution >= 0.6 is 11.6 Å². The molecule has 0 saturated heterocycles. The lowest BCUT2D eigenvalue weighted by Crippen LogP contribution is -2.26. The lowest BCUT2D eigenvalue weighted by Gasteiger charge is -2.16. The maximum atomic E-state index is 11.6. The molecule has 0 saturated carbocycles. The van der Waals surface area contributed by atoms with Gasteiger partial charge in [-0.25, -0.2) is 9.48 Å². The van der Waals surface area contributed by atoms with Crippen molar-refractivity contribution in [2.45, 2.75) is 13.0 Å². The molecule has 0 bridgehead atoms. The van der Waals surface area contributed by atoms with Gasteiger partial charge in [-0.05, 0) is 18.2 Å². The van der Waals surface area contributed by atoms with E-state index in [1.165, 1.54) is 22.9 Å². The van der Waals surface area contributed by atoms with E-state index in [1.54, 1.807) is 0 Å². The maximum absolute atomic E-state index is 11.6. The molecule has 1 aromatic heterocycles. The molecule has 4 N–H and O–H groups in total. The van der Waals surface area contributed by atoms with Crippen LogP contribution in [0.2, 0.25) is 5.02 Å². The Balaban J connectivity index is 2.22. The van der Waals surface area contributed by atoms with Crippen molar-refractivity contribution in [1.82, 2.24) is 15.1 Å². The minimum atomic E-state index is -1.06. The molecular formula is C14H13ClN4O3. The molecule has 1 amide bonds. The van der Waals surface area contributed by atoms with Crippen molar-refractivity contribution >= 4 is 23.5 Å². The van der Waals surface area contributed by atoms with E-state index in [1.807, 2.05) is 0 Å². The highest BCUT2D eigenvalue weighted by Crippen LogP contribution is 2.27. The first kappa shape index (κ1) is 14.6. The average molecular weight is 321 g/mol. The molecule has 7 nitrogen and oxygen atoms in total. The quantitative estimate of drug-likeness (QED) is 0.780. The van der Waals surface area contributed by atoms with Gasteiger partial charge in [-0.2, -0.15) is 5.10 Å². The number of fused-ring (bicyclic) bond motifs is 1. The standard InChI is InChI=1S/C14H13ClN4O3/c15-9-2-1-7(14(21)22)5-11(9)19-10-3-4-17-6-8(10)12(18-19)13(16)20/h1-2,5,17H,3-4,6H2,(H2,16,20)(H,21,22). The van der Waals surface area contributed by atoms with Crippen LogP contribution < -0.4 is 11.1 Å². The molecule has 0 spiro atoms. The first-order chi connectivity index (χ1) is 10.5. The van der Waals surface area contributed by atoms with Crippen LogP contribution in [0.4, 0.5) is 0 Å². The molecule has 1 aliphatic rings. The third-order valence-corrected chi connectivity index (χ3v) is 3.90. The summed E-state index contributed by atoms with van der Waals surface area (Å²) in [6.45, 7) is 1.22. The number of carbonyl (C=O) groups excluding carboxylic acids is 1. The second kappa shape index (κ2) is 5.43. The Morgan fingerprint density at radius 2 is 2.18 bits per heavy atom. The number of hydrogen-bond donors (Lipinski definition) is 3. The number of nitrogens with zero attached hydrogens (tertiary/aromatic N) is 2. The Bertz CT molecular complexity index is 785. The van der Waals surface area contributed by atoms with Gasteiger partial charge in [0.1, 0.15) is 0 Å². The summed E-state index contributed by atoms with van der Waals surface area (Å²) in [5.74, 6) is -1.68. The van der Waals surface area contributed by atoms with Gasteiger partial charge in [0.15, 0.2) is 5.69 Å². The minimum absolute atomic E-state index is 0.0956. The molecule has 8 heteroatoms. The summed E-state index contributed by atoms with van der Waals surface area (Å²) in [5, 5.41) is 16.9. The van der Waals surface area contributed by atoms with Crippen LogP contribution in [0.1, 0.15) is 32.1 Å². The lowest BCUT2D eigenvalue weighted by atomic mass is 10.1. The molecule has 22 heavy (non-hydrogen) atoms. The highest BCUT2D eigenvalue weighted by atomic mass is 35.5. The number of benzene rings is 1. The van der Waals surface area contributed by atoms with Crippen molar-refractivity contribution < 1.29 is 14.7 Å². The van der Waals surface area contributed by atoms with E-state index < -0.39 is 11.9 Å². The van der Waals surface area contributed by atoms with Crippen LogP contribution in [-0.4, -0.2) is 33.3 Å². The van der Waals surface area contributed by atoms with Crippen molar-refractivity contribution in [2.24, 2.45) is 5.73 Å². The predicted octanol–water partition coefficient (Wildman–Crippen LogP) is 0.968. The van der Waals surface area contributed by atoms with Gasteiger partial charge in [0.05, 0.1) is 22.0 Å². The molecule has 0 radical (unpaired) electrons. The summed E-state index contributed by atoms with van der Waals surface area (Å²) >= 11 is 6.18. The van der Waals surface area contributed by atoms with Crippen molar-refractivity contribution in [3.05, 3.63) is 45.7 Å². The highest BCUT2D eigenvalue weighted by molar-refractivity contribution is 6.32. The van der Waals surface area contributed by atoms with Crippen LogP contribution in [0.25, 0.3) is 5.69 Å². The monoisotopic (exact) mass is 320 g/mol.